The van der Waals surface area contributed by atoms with Crippen LogP contribution in [0.3, 0.4) is 0 Å². The van der Waals surface area contributed by atoms with Gasteiger partial charge in [0, 0.05) is 13.1 Å². The number of rotatable bonds is 7. The Morgan fingerprint density at radius 2 is 1.90 bits per heavy atom. The number of aryl methyl sites for hydroxylation is 2. The van der Waals surface area contributed by atoms with Gasteiger partial charge in [0.2, 0.25) is 0 Å². The summed E-state index contributed by atoms with van der Waals surface area (Å²) in [5.74, 6) is 0.964. The smallest absolute Gasteiger partial charge is 0.122 e. The minimum atomic E-state index is 0.675. The zero-order valence-electron chi connectivity index (χ0n) is 12.9. The van der Waals surface area contributed by atoms with Gasteiger partial charge in [-0.05, 0) is 42.2 Å². The summed E-state index contributed by atoms with van der Waals surface area (Å²) in [7, 11) is 0. The molecule has 0 aliphatic heterocycles. The van der Waals surface area contributed by atoms with Crippen LogP contribution in [0.2, 0.25) is 0 Å². The van der Waals surface area contributed by atoms with Gasteiger partial charge in [-0.25, -0.2) is 0 Å². The molecule has 2 aromatic rings. The van der Waals surface area contributed by atoms with Crippen LogP contribution < -0.4 is 10.1 Å². The van der Waals surface area contributed by atoms with Crippen molar-refractivity contribution in [1.82, 2.24) is 5.32 Å². The summed E-state index contributed by atoms with van der Waals surface area (Å²) in [4.78, 5) is 0. The molecule has 0 fully saturated rings. The summed E-state index contributed by atoms with van der Waals surface area (Å²) < 4.78 is 5.77. The summed E-state index contributed by atoms with van der Waals surface area (Å²) in [6.45, 7) is 10.4. The maximum atomic E-state index is 5.77. The van der Waals surface area contributed by atoms with Crippen molar-refractivity contribution in [2.75, 3.05) is 13.2 Å². The number of para-hydroxylation sites is 1. The fraction of sp³-hybridized carbons (Fsp3) is 0.263. The van der Waals surface area contributed by atoms with Crippen molar-refractivity contribution in [3.05, 3.63) is 71.3 Å². The van der Waals surface area contributed by atoms with Gasteiger partial charge in [0.15, 0.2) is 0 Å². The van der Waals surface area contributed by atoms with Crippen LogP contribution in [0, 0.1) is 13.8 Å². The zero-order chi connectivity index (χ0) is 15.1. The predicted octanol–water partition coefficient (Wildman–Crippen LogP) is 4.12. The van der Waals surface area contributed by atoms with E-state index in [2.05, 4.69) is 50.0 Å². The van der Waals surface area contributed by atoms with Crippen LogP contribution in [-0.2, 0) is 6.54 Å². The van der Waals surface area contributed by atoms with Crippen molar-refractivity contribution in [3.63, 3.8) is 0 Å². The SMILES string of the molecule is C=Cc1ccc(CNCCOc2ccccc2C)c(C)c1. The molecule has 0 aliphatic carbocycles. The normalized spacial score (nSPS) is 10.4. The van der Waals surface area contributed by atoms with E-state index in [1.807, 2.05) is 24.3 Å². The number of nitrogens with one attached hydrogen (secondary N) is 1. The lowest BCUT2D eigenvalue weighted by Crippen LogP contribution is -2.21. The van der Waals surface area contributed by atoms with Gasteiger partial charge in [0.1, 0.15) is 12.4 Å². The van der Waals surface area contributed by atoms with Crippen molar-refractivity contribution >= 4 is 6.08 Å². The second kappa shape index (κ2) is 7.65. The Morgan fingerprint density at radius 1 is 1.10 bits per heavy atom. The molecular weight excluding hydrogens is 258 g/mol. The number of hydrogen-bond acceptors (Lipinski definition) is 2. The van der Waals surface area contributed by atoms with Crippen LogP contribution in [0.1, 0.15) is 22.3 Å². The van der Waals surface area contributed by atoms with Crippen molar-refractivity contribution in [3.8, 4) is 5.75 Å². The molecule has 0 unspecified atom stereocenters. The second-order valence-corrected chi connectivity index (χ2v) is 5.18. The van der Waals surface area contributed by atoms with Gasteiger partial charge < -0.3 is 10.1 Å². The van der Waals surface area contributed by atoms with E-state index in [1.54, 1.807) is 0 Å². The monoisotopic (exact) mass is 281 g/mol. The molecular formula is C19H23NO. The van der Waals surface area contributed by atoms with Crippen molar-refractivity contribution in [2.24, 2.45) is 0 Å². The summed E-state index contributed by atoms with van der Waals surface area (Å²) in [5, 5.41) is 3.42. The van der Waals surface area contributed by atoms with Crippen LogP contribution in [-0.4, -0.2) is 13.2 Å². The summed E-state index contributed by atoms with van der Waals surface area (Å²) in [5.41, 5.74) is 4.95. The first-order chi connectivity index (χ1) is 10.2. The van der Waals surface area contributed by atoms with Gasteiger partial charge in [0.25, 0.3) is 0 Å². The third kappa shape index (κ3) is 4.47. The van der Waals surface area contributed by atoms with Crippen LogP contribution in [0.5, 0.6) is 5.75 Å². The first-order valence-corrected chi connectivity index (χ1v) is 7.32. The van der Waals surface area contributed by atoms with E-state index in [1.165, 1.54) is 22.3 Å². The molecule has 0 spiro atoms. The molecule has 0 bridgehead atoms. The van der Waals surface area contributed by atoms with E-state index in [-0.39, 0.29) is 0 Å². The predicted molar refractivity (Wildman–Crippen MR) is 89.7 cm³/mol. The van der Waals surface area contributed by atoms with Gasteiger partial charge in [-0.2, -0.15) is 0 Å². The third-order valence-corrected chi connectivity index (χ3v) is 3.55. The lowest BCUT2D eigenvalue weighted by Gasteiger charge is -2.11. The lowest BCUT2D eigenvalue weighted by molar-refractivity contribution is 0.311. The summed E-state index contributed by atoms with van der Waals surface area (Å²) >= 11 is 0. The molecule has 0 amide bonds. The standard InChI is InChI=1S/C19H23NO/c1-4-17-9-10-18(16(3)13-17)14-20-11-12-21-19-8-6-5-7-15(19)2/h4-10,13,20H,1,11-12,14H2,2-3H3. The Balaban J connectivity index is 1.75. The Bertz CT molecular complexity index is 604. The third-order valence-electron chi connectivity index (χ3n) is 3.55. The first kappa shape index (κ1) is 15.3. The topological polar surface area (TPSA) is 21.3 Å². The molecule has 0 heterocycles. The molecule has 2 nitrogen and oxygen atoms in total. The molecule has 0 saturated heterocycles. The maximum absolute atomic E-state index is 5.77. The van der Waals surface area contributed by atoms with Crippen molar-refractivity contribution < 1.29 is 4.74 Å². The zero-order valence-corrected chi connectivity index (χ0v) is 12.9. The van der Waals surface area contributed by atoms with E-state index in [0.717, 1.165) is 18.8 Å². The number of hydrogen-bond donors (Lipinski definition) is 1. The van der Waals surface area contributed by atoms with Crippen LogP contribution >= 0.6 is 0 Å². The Hall–Kier alpha value is -2.06. The molecule has 0 radical (unpaired) electrons. The van der Waals surface area contributed by atoms with E-state index in [4.69, 9.17) is 4.74 Å². The largest absolute Gasteiger partial charge is 0.492 e. The lowest BCUT2D eigenvalue weighted by atomic mass is 10.1. The fourth-order valence-corrected chi connectivity index (χ4v) is 2.22. The molecule has 0 aliphatic rings. The van der Waals surface area contributed by atoms with Crippen molar-refractivity contribution in [2.45, 2.75) is 20.4 Å². The molecule has 0 saturated carbocycles. The highest BCUT2D eigenvalue weighted by Crippen LogP contribution is 2.15. The summed E-state index contributed by atoms with van der Waals surface area (Å²) in [6, 6.07) is 14.5. The van der Waals surface area contributed by atoms with Crippen LogP contribution in [0.25, 0.3) is 6.08 Å². The number of benzene rings is 2. The van der Waals surface area contributed by atoms with E-state index in [0.29, 0.717) is 6.61 Å². The number of ether oxygens (including phenoxy) is 1. The van der Waals surface area contributed by atoms with Gasteiger partial charge >= 0.3 is 0 Å². The molecule has 2 heteroatoms. The van der Waals surface area contributed by atoms with E-state index < -0.39 is 0 Å². The second-order valence-electron chi connectivity index (χ2n) is 5.18. The minimum absolute atomic E-state index is 0.675. The Morgan fingerprint density at radius 3 is 2.62 bits per heavy atom. The van der Waals surface area contributed by atoms with Gasteiger partial charge in [-0.3, -0.25) is 0 Å². The maximum Gasteiger partial charge on any atom is 0.122 e. The first-order valence-electron chi connectivity index (χ1n) is 7.32. The van der Waals surface area contributed by atoms with Crippen molar-refractivity contribution in [1.29, 1.82) is 0 Å². The minimum Gasteiger partial charge on any atom is -0.492 e. The molecule has 110 valence electrons. The van der Waals surface area contributed by atoms with E-state index >= 15 is 0 Å². The highest BCUT2D eigenvalue weighted by atomic mass is 16.5. The average Bonchev–Trinajstić information content (AvgIpc) is 2.50. The van der Waals surface area contributed by atoms with Gasteiger partial charge in [-0.15, -0.1) is 0 Å². The Labute approximate surface area is 127 Å². The highest BCUT2D eigenvalue weighted by molar-refractivity contribution is 5.49. The summed E-state index contributed by atoms with van der Waals surface area (Å²) in [6.07, 6.45) is 1.88. The Kier molecular flexibility index (Phi) is 5.59. The molecule has 2 rings (SSSR count). The molecule has 21 heavy (non-hydrogen) atoms. The quantitative estimate of drug-likeness (QED) is 0.771. The fourth-order valence-electron chi connectivity index (χ4n) is 2.22. The molecule has 2 aromatic carbocycles. The van der Waals surface area contributed by atoms with Gasteiger partial charge in [-0.1, -0.05) is 49.1 Å². The molecule has 0 atom stereocenters. The van der Waals surface area contributed by atoms with Crippen LogP contribution in [0.4, 0.5) is 0 Å². The molecule has 1 N–H and O–H groups in total. The molecule has 0 aromatic heterocycles. The average molecular weight is 281 g/mol. The van der Waals surface area contributed by atoms with E-state index in [9.17, 15) is 0 Å². The van der Waals surface area contributed by atoms with Gasteiger partial charge in [0.05, 0.1) is 0 Å². The highest BCUT2D eigenvalue weighted by Gasteiger charge is 2.00. The van der Waals surface area contributed by atoms with Crippen LogP contribution in [0.15, 0.2) is 49.0 Å².